The van der Waals surface area contributed by atoms with Crippen molar-refractivity contribution >= 4 is 11.8 Å². The van der Waals surface area contributed by atoms with Crippen molar-refractivity contribution in [3.8, 4) is 5.75 Å². The van der Waals surface area contributed by atoms with Crippen LogP contribution in [0.1, 0.15) is 63.8 Å². The van der Waals surface area contributed by atoms with Crippen LogP contribution in [0.3, 0.4) is 0 Å². The van der Waals surface area contributed by atoms with Gasteiger partial charge in [0.25, 0.3) is 0 Å². The van der Waals surface area contributed by atoms with E-state index in [4.69, 9.17) is 4.74 Å². The van der Waals surface area contributed by atoms with Gasteiger partial charge in [0.1, 0.15) is 5.75 Å². The molecule has 0 heterocycles. The molecule has 2 aromatic carbocycles. The van der Waals surface area contributed by atoms with E-state index in [1.807, 2.05) is 23.9 Å². The molecule has 0 unspecified atom stereocenters. The quantitative estimate of drug-likeness (QED) is 0.552. The lowest BCUT2D eigenvalue weighted by Crippen LogP contribution is -2.18. The van der Waals surface area contributed by atoms with Crippen molar-refractivity contribution in [2.75, 3.05) is 7.11 Å². The smallest absolute Gasteiger partial charge is 0.118 e. The fourth-order valence-corrected chi connectivity index (χ4v) is 4.14. The van der Waals surface area contributed by atoms with Gasteiger partial charge in [0.2, 0.25) is 0 Å². The molecule has 136 valence electrons. The summed E-state index contributed by atoms with van der Waals surface area (Å²) in [4.78, 5) is 1.43. The summed E-state index contributed by atoms with van der Waals surface area (Å²) in [5, 5.41) is 0. The first kappa shape index (κ1) is 19.9. The summed E-state index contributed by atoms with van der Waals surface area (Å²) in [5.41, 5.74) is 5.89. The molecule has 0 aliphatic carbocycles. The number of hydrogen-bond donors (Lipinski definition) is 0. The van der Waals surface area contributed by atoms with E-state index in [0.29, 0.717) is 0 Å². The molecule has 2 rings (SSSR count). The Morgan fingerprint density at radius 2 is 1.48 bits per heavy atom. The number of rotatable bonds is 4. The predicted octanol–water partition coefficient (Wildman–Crippen LogP) is 6.89. The summed E-state index contributed by atoms with van der Waals surface area (Å²) in [5.74, 6) is 1.89. The third-order valence-corrected chi connectivity index (χ3v) is 5.80. The lowest BCUT2D eigenvalue weighted by molar-refractivity contribution is 0.414. The van der Waals surface area contributed by atoms with Crippen molar-refractivity contribution in [2.24, 2.45) is 0 Å². The van der Waals surface area contributed by atoms with Gasteiger partial charge in [-0.2, -0.15) is 0 Å². The molecule has 1 nitrogen and oxygen atoms in total. The zero-order chi connectivity index (χ0) is 18.8. The summed E-state index contributed by atoms with van der Waals surface area (Å²) < 4.78 is 5.25. The standard InChI is InChI=1S/C23H32OS/c1-16-13-18(22(2,3)4)14-20(23(5,6)7)21(16)25-15-17-9-11-19(24-8)12-10-17/h9-14H,15H2,1-8H3. The van der Waals surface area contributed by atoms with E-state index in [-0.39, 0.29) is 10.8 Å². The minimum atomic E-state index is 0.133. The van der Waals surface area contributed by atoms with Crippen LogP contribution in [0.15, 0.2) is 41.3 Å². The number of aryl methyl sites for hydroxylation is 1. The SMILES string of the molecule is COc1ccc(CSc2c(C)cc(C(C)(C)C)cc2C(C)(C)C)cc1. The Hall–Kier alpha value is -1.41. The molecule has 25 heavy (non-hydrogen) atoms. The zero-order valence-electron chi connectivity index (χ0n) is 17.0. The van der Waals surface area contributed by atoms with Gasteiger partial charge in [0.15, 0.2) is 0 Å². The monoisotopic (exact) mass is 356 g/mol. The number of benzene rings is 2. The minimum Gasteiger partial charge on any atom is -0.497 e. The molecular formula is C23H32OS. The van der Waals surface area contributed by atoms with Crippen molar-refractivity contribution in [3.05, 3.63) is 58.7 Å². The van der Waals surface area contributed by atoms with Gasteiger partial charge in [-0.15, -0.1) is 11.8 Å². The van der Waals surface area contributed by atoms with E-state index in [0.717, 1.165) is 11.5 Å². The van der Waals surface area contributed by atoms with Gasteiger partial charge >= 0.3 is 0 Å². The van der Waals surface area contributed by atoms with Crippen LogP contribution in [0.2, 0.25) is 0 Å². The number of ether oxygens (including phenoxy) is 1. The van der Waals surface area contributed by atoms with Gasteiger partial charge in [-0.25, -0.2) is 0 Å². The van der Waals surface area contributed by atoms with E-state index in [1.165, 1.54) is 27.1 Å². The molecule has 2 aromatic rings. The Morgan fingerprint density at radius 3 is 1.96 bits per heavy atom. The fourth-order valence-electron chi connectivity index (χ4n) is 2.83. The lowest BCUT2D eigenvalue weighted by atomic mass is 9.79. The van der Waals surface area contributed by atoms with Crippen molar-refractivity contribution in [2.45, 2.75) is 69.9 Å². The maximum Gasteiger partial charge on any atom is 0.118 e. The molecule has 0 amide bonds. The van der Waals surface area contributed by atoms with Crippen molar-refractivity contribution in [3.63, 3.8) is 0 Å². The maximum atomic E-state index is 5.25. The number of thioether (sulfide) groups is 1. The molecule has 2 heteroatoms. The van der Waals surface area contributed by atoms with E-state index in [1.54, 1.807) is 7.11 Å². The lowest BCUT2D eigenvalue weighted by Gasteiger charge is -2.29. The molecule has 0 aliphatic heterocycles. The zero-order valence-corrected chi connectivity index (χ0v) is 17.8. The van der Waals surface area contributed by atoms with Gasteiger partial charge in [-0.3, -0.25) is 0 Å². The first-order chi connectivity index (χ1) is 11.5. The molecule has 0 radical (unpaired) electrons. The maximum absolute atomic E-state index is 5.25. The van der Waals surface area contributed by atoms with Crippen molar-refractivity contribution in [1.29, 1.82) is 0 Å². The van der Waals surface area contributed by atoms with E-state index in [2.05, 4.69) is 72.7 Å². The summed E-state index contributed by atoms with van der Waals surface area (Å²) >= 11 is 1.95. The Bertz CT molecular complexity index is 715. The van der Waals surface area contributed by atoms with Crippen LogP contribution in [-0.4, -0.2) is 7.11 Å². The van der Waals surface area contributed by atoms with Crippen LogP contribution in [0.4, 0.5) is 0 Å². The van der Waals surface area contributed by atoms with Crippen LogP contribution in [0, 0.1) is 6.92 Å². The van der Waals surface area contributed by atoms with Crippen LogP contribution in [0.25, 0.3) is 0 Å². The Morgan fingerprint density at radius 1 is 0.880 bits per heavy atom. The highest BCUT2D eigenvalue weighted by Crippen LogP contribution is 2.39. The molecule has 0 bridgehead atoms. The van der Waals surface area contributed by atoms with E-state index >= 15 is 0 Å². The molecule has 0 aromatic heterocycles. The molecule has 0 atom stereocenters. The predicted molar refractivity (Wildman–Crippen MR) is 111 cm³/mol. The Kier molecular flexibility index (Phi) is 5.93. The average molecular weight is 357 g/mol. The number of methoxy groups -OCH3 is 1. The minimum absolute atomic E-state index is 0.133. The van der Waals surface area contributed by atoms with Crippen LogP contribution in [0.5, 0.6) is 5.75 Å². The van der Waals surface area contributed by atoms with E-state index < -0.39 is 0 Å². The Balaban J connectivity index is 2.35. The molecule has 0 spiro atoms. The van der Waals surface area contributed by atoms with Gasteiger partial charge in [0, 0.05) is 10.6 Å². The average Bonchev–Trinajstić information content (AvgIpc) is 2.51. The first-order valence-electron chi connectivity index (χ1n) is 8.93. The van der Waals surface area contributed by atoms with Gasteiger partial charge in [-0.1, -0.05) is 65.8 Å². The van der Waals surface area contributed by atoms with Crippen molar-refractivity contribution in [1.82, 2.24) is 0 Å². The van der Waals surface area contributed by atoms with Crippen molar-refractivity contribution < 1.29 is 4.74 Å². The molecule has 0 fully saturated rings. The summed E-state index contributed by atoms with van der Waals surface area (Å²) in [6.07, 6.45) is 0. The summed E-state index contributed by atoms with van der Waals surface area (Å²) in [6.45, 7) is 16.1. The third-order valence-electron chi connectivity index (χ3n) is 4.49. The number of hydrogen-bond acceptors (Lipinski definition) is 2. The highest BCUT2D eigenvalue weighted by atomic mass is 32.2. The molecule has 0 aliphatic rings. The Labute approximate surface area is 158 Å². The van der Waals surface area contributed by atoms with Crippen LogP contribution < -0.4 is 4.74 Å². The van der Waals surface area contributed by atoms with Crippen LogP contribution in [-0.2, 0) is 16.6 Å². The van der Waals surface area contributed by atoms with Gasteiger partial charge in [-0.05, 0) is 52.1 Å². The van der Waals surface area contributed by atoms with Gasteiger partial charge < -0.3 is 4.74 Å². The topological polar surface area (TPSA) is 9.23 Å². The molecule has 0 N–H and O–H groups in total. The normalized spacial score (nSPS) is 12.3. The second-order valence-electron chi connectivity index (χ2n) is 8.81. The summed E-state index contributed by atoms with van der Waals surface area (Å²) in [6, 6.07) is 13.2. The highest BCUT2D eigenvalue weighted by molar-refractivity contribution is 7.98. The molecular weight excluding hydrogens is 324 g/mol. The molecule has 0 saturated heterocycles. The van der Waals surface area contributed by atoms with Crippen LogP contribution >= 0.6 is 11.8 Å². The third kappa shape index (κ3) is 5.04. The highest BCUT2D eigenvalue weighted by Gasteiger charge is 2.24. The molecule has 0 saturated carbocycles. The fraction of sp³-hybridized carbons (Fsp3) is 0.478. The largest absolute Gasteiger partial charge is 0.497 e. The van der Waals surface area contributed by atoms with E-state index in [9.17, 15) is 0 Å². The second-order valence-corrected chi connectivity index (χ2v) is 9.79. The van der Waals surface area contributed by atoms with Gasteiger partial charge in [0.05, 0.1) is 7.11 Å². The first-order valence-corrected chi connectivity index (χ1v) is 9.92. The second kappa shape index (κ2) is 7.45. The summed E-state index contributed by atoms with van der Waals surface area (Å²) in [7, 11) is 1.71.